The van der Waals surface area contributed by atoms with Crippen LogP contribution in [0.15, 0.2) is 77.7 Å². The second-order valence-electron chi connectivity index (χ2n) is 7.86. The summed E-state index contributed by atoms with van der Waals surface area (Å²) in [4.78, 5) is 26.6. The molecule has 8 heteroatoms. The lowest BCUT2D eigenvalue weighted by molar-refractivity contribution is -0.129. The van der Waals surface area contributed by atoms with E-state index in [1.54, 1.807) is 23.1 Å². The van der Waals surface area contributed by atoms with E-state index >= 15 is 0 Å². The standard InChI is InChI=1S/C24H25N3O4S/c28-23-15-21(17-27(23)16-18-6-2-1-3-7-18)24(29)25-12-13-26-32(30,31)22-11-10-19-8-4-5-9-20(19)14-22/h1-11,14,21,26H,12-13,15-17H2,(H,25,29)/t21-/m1/s1. The number of nitrogens with zero attached hydrogens (tertiary/aromatic N) is 1. The second kappa shape index (κ2) is 9.50. The lowest BCUT2D eigenvalue weighted by atomic mass is 10.1. The summed E-state index contributed by atoms with van der Waals surface area (Å²) in [5.41, 5.74) is 1.02. The Labute approximate surface area is 187 Å². The minimum atomic E-state index is -3.68. The average molecular weight is 452 g/mol. The van der Waals surface area contributed by atoms with Gasteiger partial charge in [-0.25, -0.2) is 13.1 Å². The van der Waals surface area contributed by atoms with Crippen LogP contribution in [0.4, 0.5) is 0 Å². The molecule has 3 aromatic carbocycles. The Balaban J connectivity index is 1.26. The van der Waals surface area contributed by atoms with Crippen molar-refractivity contribution in [2.24, 2.45) is 5.92 Å². The highest BCUT2D eigenvalue weighted by Gasteiger charge is 2.34. The molecule has 7 nitrogen and oxygen atoms in total. The number of benzene rings is 3. The van der Waals surface area contributed by atoms with Crippen LogP contribution < -0.4 is 10.0 Å². The number of hydrogen-bond acceptors (Lipinski definition) is 4. The van der Waals surface area contributed by atoms with E-state index in [2.05, 4.69) is 10.0 Å². The highest BCUT2D eigenvalue weighted by molar-refractivity contribution is 7.89. The first-order valence-corrected chi connectivity index (χ1v) is 12.0. The van der Waals surface area contributed by atoms with Crippen molar-refractivity contribution in [3.8, 4) is 0 Å². The number of rotatable bonds is 8. The molecule has 3 aromatic rings. The number of carbonyl (C=O) groups excluding carboxylic acids is 2. The molecule has 32 heavy (non-hydrogen) atoms. The van der Waals surface area contributed by atoms with Gasteiger partial charge in [0.05, 0.1) is 10.8 Å². The quantitative estimate of drug-likeness (QED) is 0.514. The molecular weight excluding hydrogens is 426 g/mol. The first-order valence-electron chi connectivity index (χ1n) is 10.5. The van der Waals surface area contributed by atoms with Gasteiger partial charge in [-0.3, -0.25) is 9.59 Å². The second-order valence-corrected chi connectivity index (χ2v) is 9.63. The SMILES string of the molecule is O=C(NCCNS(=O)(=O)c1ccc2ccccc2c1)[C@@H]1CC(=O)N(Cc2ccccc2)C1. The van der Waals surface area contributed by atoms with Gasteiger partial charge in [-0.1, -0.05) is 60.7 Å². The molecule has 1 aliphatic heterocycles. The largest absolute Gasteiger partial charge is 0.354 e. The number of likely N-dealkylation sites (tertiary alicyclic amines) is 1. The van der Waals surface area contributed by atoms with E-state index in [4.69, 9.17) is 0 Å². The lowest BCUT2D eigenvalue weighted by Crippen LogP contribution is -2.38. The average Bonchev–Trinajstić information content (AvgIpc) is 3.17. The zero-order valence-corrected chi connectivity index (χ0v) is 18.3. The summed E-state index contributed by atoms with van der Waals surface area (Å²) in [6.07, 6.45) is 0.168. The van der Waals surface area contributed by atoms with E-state index in [9.17, 15) is 18.0 Å². The number of carbonyl (C=O) groups is 2. The molecule has 1 saturated heterocycles. The first-order chi connectivity index (χ1) is 15.4. The Morgan fingerprint density at radius 3 is 2.44 bits per heavy atom. The zero-order valence-electron chi connectivity index (χ0n) is 17.5. The van der Waals surface area contributed by atoms with Crippen molar-refractivity contribution < 1.29 is 18.0 Å². The summed E-state index contributed by atoms with van der Waals surface area (Å²) >= 11 is 0. The molecule has 0 spiro atoms. The van der Waals surface area contributed by atoms with Crippen LogP contribution >= 0.6 is 0 Å². The summed E-state index contributed by atoms with van der Waals surface area (Å²) in [7, 11) is -3.68. The Bertz CT molecular complexity index is 1230. The molecule has 0 aliphatic carbocycles. The fraction of sp³-hybridized carbons (Fsp3) is 0.250. The van der Waals surface area contributed by atoms with Gasteiger partial charge in [0, 0.05) is 32.6 Å². The topological polar surface area (TPSA) is 95.6 Å². The molecule has 0 bridgehead atoms. The number of amides is 2. The van der Waals surface area contributed by atoms with E-state index in [1.807, 2.05) is 54.6 Å². The molecule has 2 N–H and O–H groups in total. The molecule has 0 unspecified atom stereocenters. The third kappa shape index (κ3) is 5.15. The van der Waals surface area contributed by atoms with E-state index in [-0.39, 0.29) is 36.2 Å². The Morgan fingerprint density at radius 1 is 0.938 bits per heavy atom. The van der Waals surface area contributed by atoms with Crippen LogP contribution in [0, 0.1) is 5.92 Å². The molecule has 1 atom stereocenters. The van der Waals surface area contributed by atoms with Crippen molar-refractivity contribution in [1.29, 1.82) is 0 Å². The highest BCUT2D eigenvalue weighted by Crippen LogP contribution is 2.21. The molecule has 4 rings (SSSR count). The zero-order chi connectivity index (χ0) is 22.6. The molecule has 0 saturated carbocycles. The maximum Gasteiger partial charge on any atom is 0.240 e. The molecule has 166 valence electrons. The molecule has 0 radical (unpaired) electrons. The first kappa shape index (κ1) is 22.0. The van der Waals surface area contributed by atoms with Crippen LogP contribution in [0.2, 0.25) is 0 Å². The molecule has 1 heterocycles. The summed E-state index contributed by atoms with van der Waals surface area (Å²) in [6.45, 7) is 1.06. The summed E-state index contributed by atoms with van der Waals surface area (Å²) < 4.78 is 27.6. The monoisotopic (exact) mass is 451 g/mol. The predicted octanol–water partition coefficient (Wildman–Crippen LogP) is 2.28. The van der Waals surface area contributed by atoms with E-state index in [1.165, 1.54) is 0 Å². The maximum atomic E-state index is 12.6. The highest BCUT2D eigenvalue weighted by atomic mass is 32.2. The van der Waals surface area contributed by atoms with Crippen LogP contribution in [0.5, 0.6) is 0 Å². The molecule has 1 aliphatic rings. The van der Waals surface area contributed by atoms with E-state index < -0.39 is 15.9 Å². The number of hydrogen-bond donors (Lipinski definition) is 2. The Kier molecular flexibility index (Phi) is 6.53. The molecule has 2 amide bonds. The van der Waals surface area contributed by atoms with Gasteiger partial charge >= 0.3 is 0 Å². The van der Waals surface area contributed by atoms with Gasteiger partial charge in [0.15, 0.2) is 0 Å². The third-order valence-electron chi connectivity index (χ3n) is 5.55. The van der Waals surface area contributed by atoms with Crippen molar-refractivity contribution in [2.45, 2.75) is 17.9 Å². The van der Waals surface area contributed by atoms with Gasteiger partial charge in [-0.2, -0.15) is 0 Å². The summed E-state index contributed by atoms with van der Waals surface area (Å²) in [6, 6.07) is 22.1. The summed E-state index contributed by atoms with van der Waals surface area (Å²) in [5, 5.41) is 4.54. The van der Waals surface area contributed by atoms with Crippen molar-refractivity contribution in [1.82, 2.24) is 14.9 Å². The van der Waals surface area contributed by atoms with Gasteiger partial charge in [0.2, 0.25) is 21.8 Å². The van der Waals surface area contributed by atoms with Crippen LogP contribution in [0.1, 0.15) is 12.0 Å². The van der Waals surface area contributed by atoms with Gasteiger partial charge < -0.3 is 10.2 Å². The molecule has 1 fully saturated rings. The minimum Gasteiger partial charge on any atom is -0.354 e. The van der Waals surface area contributed by atoms with Gasteiger partial charge in [0.25, 0.3) is 0 Å². The lowest BCUT2D eigenvalue weighted by Gasteiger charge is -2.16. The van der Waals surface area contributed by atoms with Crippen LogP contribution in [-0.4, -0.2) is 44.8 Å². The van der Waals surface area contributed by atoms with Crippen LogP contribution in [-0.2, 0) is 26.2 Å². The van der Waals surface area contributed by atoms with Gasteiger partial charge in [-0.05, 0) is 28.5 Å². The van der Waals surface area contributed by atoms with E-state index in [0.29, 0.717) is 13.1 Å². The number of nitrogens with one attached hydrogen (secondary N) is 2. The minimum absolute atomic E-state index is 0.0500. The van der Waals surface area contributed by atoms with Crippen molar-refractivity contribution in [3.05, 3.63) is 78.4 Å². The van der Waals surface area contributed by atoms with Gasteiger partial charge in [-0.15, -0.1) is 0 Å². The Morgan fingerprint density at radius 2 is 1.66 bits per heavy atom. The fourth-order valence-electron chi connectivity index (χ4n) is 3.84. The van der Waals surface area contributed by atoms with Crippen LogP contribution in [0.25, 0.3) is 10.8 Å². The maximum absolute atomic E-state index is 12.6. The third-order valence-corrected chi connectivity index (χ3v) is 7.01. The number of fused-ring (bicyclic) bond motifs is 1. The van der Waals surface area contributed by atoms with Crippen molar-refractivity contribution in [2.75, 3.05) is 19.6 Å². The van der Waals surface area contributed by atoms with Crippen molar-refractivity contribution in [3.63, 3.8) is 0 Å². The normalized spacial score (nSPS) is 16.4. The number of sulfonamides is 1. The van der Waals surface area contributed by atoms with Gasteiger partial charge in [0.1, 0.15) is 0 Å². The van der Waals surface area contributed by atoms with E-state index in [0.717, 1.165) is 16.3 Å². The Hall–Kier alpha value is -3.23. The smallest absolute Gasteiger partial charge is 0.240 e. The molecule has 0 aromatic heterocycles. The van der Waals surface area contributed by atoms with Crippen LogP contribution in [0.3, 0.4) is 0 Å². The van der Waals surface area contributed by atoms with Crippen molar-refractivity contribution >= 4 is 32.6 Å². The fourth-order valence-corrected chi connectivity index (χ4v) is 4.90. The predicted molar refractivity (Wildman–Crippen MR) is 122 cm³/mol. The summed E-state index contributed by atoms with van der Waals surface area (Å²) in [5.74, 6) is -0.715. The molecular formula is C24H25N3O4S.